The molecule has 2 fully saturated rings. The third-order valence-electron chi connectivity index (χ3n) is 5.99. The minimum atomic E-state index is 0.172. The first kappa shape index (κ1) is 19.5. The van der Waals surface area contributed by atoms with E-state index in [2.05, 4.69) is 19.9 Å². The Labute approximate surface area is 147 Å². The number of unbranched alkanes of at least 4 members (excludes halogenated alkanes) is 3. The summed E-state index contributed by atoms with van der Waals surface area (Å²) in [6.45, 7) is 4.71. The molecule has 2 aliphatic rings. The molecule has 0 bridgehead atoms. The molecule has 134 valence electrons. The summed E-state index contributed by atoms with van der Waals surface area (Å²) in [7, 11) is 0.172. The predicted octanol–water partition coefficient (Wildman–Crippen LogP) is 8.40. The van der Waals surface area contributed by atoms with Crippen molar-refractivity contribution in [1.82, 2.24) is 0 Å². The van der Waals surface area contributed by atoms with Gasteiger partial charge in [-0.1, -0.05) is 85.6 Å². The molecular formula is C22H41P. The van der Waals surface area contributed by atoms with Gasteiger partial charge in [-0.3, -0.25) is 0 Å². The van der Waals surface area contributed by atoms with Gasteiger partial charge in [0.15, 0.2) is 0 Å². The van der Waals surface area contributed by atoms with Gasteiger partial charge < -0.3 is 0 Å². The Balaban J connectivity index is 2.13. The zero-order chi connectivity index (χ0) is 16.3. The van der Waals surface area contributed by atoms with Gasteiger partial charge in [0.2, 0.25) is 0 Å². The van der Waals surface area contributed by atoms with Gasteiger partial charge in [-0.2, -0.15) is 0 Å². The van der Waals surface area contributed by atoms with E-state index in [0.29, 0.717) is 0 Å². The average molecular weight is 337 g/mol. The maximum absolute atomic E-state index is 2.74. The molecule has 0 aromatic heterocycles. The molecule has 0 radical (unpaired) electrons. The summed E-state index contributed by atoms with van der Waals surface area (Å²) in [4.78, 5) is 0. The molecule has 0 heterocycles. The third kappa shape index (κ3) is 6.53. The minimum absolute atomic E-state index is 0.172. The Morgan fingerprint density at radius 2 is 1.30 bits per heavy atom. The molecule has 0 nitrogen and oxygen atoms in total. The Bertz CT molecular complexity index is 303. The van der Waals surface area contributed by atoms with Crippen LogP contribution in [0.15, 0.2) is 11.4 Å². The van der Waals surface area contributed by atoms with Gasteiger partial charge in [-0.05, 0) is 61.6 Å². The van der Waals surface area contributed by atoms with Crippen molar-refractivity contribution in [2.24, 2.45) is 0 Å². The summed E-state index contributed by atoms with van der Waals surface area (Å²) in [6.07, 6.45) is 26.4. The summed E-state index contributed by atoms with van der Waals surface area (Å²) >= 11 is 0. The molecule has 2 saturated carbocycles. The van der Waals surface area contributed by atoms with E-state index in [1.807, 2.05) is 5.31 Å². The average Bonchev–Trinajstić information content (AvgIpc) is 2.61. The highest BCUT2D eigenvalue weighted by molar-refractivity contribution is 7.63. The van der Waals surface area contributed by atoms with Crippen molar-refractivity contribution in [3.63, 3.8) is 0 Å². The standard InChI is InChI=1S/C22H41P/c1-3-5-9-15-20(14-6-4-2)23(21-16-10-7-11-17-21)22-18-12-8-13-19-22/h15,21-22H,3-14,16-19H2,1-2H3. The second kappa shape index (κ2) is 11.7. The van der Waals surface area contributed by atoms with Crippen LogP contribution in [0.25, 0.3) is 0 Å². The molecule has 0 spiro atoms. The van der Waals surface area contributed by atoms with Crippen LogP contribution in [-0.4, -0.2) is 11.3 Å². The van der Waals surface area contributed by atoms with Crippen molar-refractivity contribution in [2.75, 3.05) is 0 Å². The van der Waals surface area contributed by atoms with E-state index in [9.17, 15) is 0 Å². The van der Waals surface area contributed by atoms with Crippen molar-refractivity contribution in [3.05, 3.63) is 11.4 Å². The van der Waals surface area contributed by atoms with Crippen molar-refractivity contribution in [1.29, 1.82) is 0 Å². The van der Waals surface area contributed by atoms with Crippen LogP contribution in [0, 0.1) is 0 Å². The summed E-state index contributed by atoms with van der Waals surface area (Å²) in [5.41, 5.74) is 2.18. The van der Waals surface area contributed by atoms with Gasteiger partial charge in [0.1, 0.15) is 0 Å². The van der Waals surface area contributed by atoms with Gasteiger partial charge in [-0.25, -0.2) is 0 Å². The Morgan fingerprint density at radius 1 is 0.783 bits per heavy atom. The SMILES string of the molecule is CCCCC=C(CCCC)P(C1CCCCC1)C1CCCCC1. The molecule has 2 rings (SSSR count). The highest BCUT2D eigenvalue weighted by Gasteiger charge is 2.32. The lowest BCUT2D eigenvalue weighted by molar-refractivity contribution is 0.485. The van der Waals surface area contributed by atoms with Gasteiger partial charge in [0, 0.05) is 0 Å². The summed E-state index contributed by atoms with van der Waals surface area (Å²) in [5.74, 6) is 0. The lowest BCUT2D eigenvalue weighted by Gasteiger charge is -2.40. The normalized spacial score (nSPS) is 22.0. The van der Waals surface area contributed by atoms with E-state index in [-0.39, 0.29) is 7.92 Å². The zero-order valence-corrected chi connectivity index (χ0v) is 16.9. The van der Waals surface area contributed by atoms with Crippen LogP contribution >= 0.6 is 7.92 Å². The Hall–Kier alpha value is 0.170. The van der Waals surface area contributed by atoms with Crippen molar-refractivity contribution >= 4 is 7.92 Å². The number of hydrogen-bond donors (Lipinski definition) is 0. The van der Waals surface area contributed by atoms with Crippen molar-refractivity contribution < 1.29 is 0 Å². The fourth-order valence-corrected chi connectivity index (χ4v) is 8.79. The van der Waals surface area contributed by atoms with Crippen LogP contribution in [0.3, 0.4) is 0 Å². The van der Waals surface area contributed by atoms with Crippen LogP contribution < -0.4 is 0 Å². The molecule has 0 aromatic carbocycles. The second-order valence-electron chi connectivity index (χ2n) is 7.93. The maximum atomic E-state index is 2.74. The number of rotatable bonds is 9. The van der Waals surface area contributed by atoms with E-state index in [1.165, 1.54) is 77.0 Å². The van der Waals surface area contributed by atoms with E-state index < -0.39 is 0 Å². The number of allylic oxidation sites excluding steroid dienone is 2. The topological polar surface area (TPSA) is 0 Å². The molecule has 2 aliphatic carbocycles. The molecule has 23 heavy (non-hydrogen) atoms. The molecule has 0 unspecified atom stereocenters. The van der Waals surface area contributed by atoms with Gasteiger partial charge in [-0.15, -0.1) is 0 Å². The molecule has 0 atom stereocenters. The van der Waals surface area contributed by atoms with E-state index in [0.717, 1.165) is 11.3 Å². The van der Waals surface area contributed by atoms with Crippen LogP contribution in [0.4, 0.5) is 0 Å². The first-order valence-corrected chi connectivity index (χ1v) is 12.3. The fraction of sp³-hybridized carbons (Fsp3) is 0.909. The van der Waals surface area contributed by atoms with Crippen molar-refractivity contribution in [2.45, 2.75) is 128 Å². The largest absolute Gasteiger partial charge is 0.0808 e. The van der Waals surface area contributed by atoms with Crippen LogP contribution in [-0.2, 0) is 0 Å². The molecular weight excluding hydrogens is 295 g/mol. The van der Waals surface area contributed by atoms with Gasteiger partial charge >= 0.3 is 0 Å². The molecule has 0 saturated heterocycles. The highest BCUT2D eigenvalue weighted by Crippen LogP contribution is 2.62. The lowest BCUT2D eigenvalue weighted by atomic mass is 9.99. The first-order valence-electron chi connectivity index (χ1n) is 10.8. The van der Waals surface area contributed by atoms with Gasteiger partial charge in [0.05, 0.1) is 0 Å². The molecule has 1 heteroatoms. The highest BCUT2D eigenvalue weighted by atomic mass is 31.1. The van der Waals surface area contributed by atoms with Crippen LogP contribution in [0.2, 0.25) is 0 Å². The van der Waals surface area contributed by atoms with Crippen LogP contribution in [0.1, 0.15) is 117 Å². The second-order valence-corrected chi connectivity index (χ2v) is 10.8. The van der Waals surface area contributed by atoms with E-state index in [4.69, 9.17) is 0 Å². The maximum Gasteiger partial charge on any atom is -0.0170 e. The fourth-order valence-electron chi connectivity index (χ4n) is 4.65. The summed E-state index contributed by atoms with van der Waals surface area (Å²) in [5, 5.41) is 1.97. The quantitative estimate of drug-likeness (QED) is 0.293. The summed E-state index contributed by atoms with van der Waals surface area (Å²) in [6, 6.07) is 0. The molecule has 0 aliphatic heterocycles. The van der Waals surface area contributed by atoms with Crippen LogP contribution in [0.5, 0.6) is 0 Å². The van der Waals surface area contributed by atoms with Gasteiger partial charge in [0.25, 0.3) is 0 Å². The third-order valence-corrected chi connectivity index (χ3v) is 9.67. The zero-order valence-electron chi connectivity index (χ0n) is 16.0. The summed E-state index contributed by atoms with van der Waals surface area (Å²) < 4.78 is 0. The predicted molar refractivity (Wildman–Crippen MR) is 108 cm³/mol. The molecule has 0 amide bonds. The molecule has 0 N–H and O–H groups in total. The Morgan fingerprint density at radius 3 is 1.78 bits per heavy atom. The Kier molecular flexibility index (Phi) is 9.90. The first-order chi connectivity index (χ1) is 11.4. The van der Waals surface area contributed by atoms with E-state index in [1.54, 1.807) is 25.7 Å². The number of hydrogen-bond acceptors (Lipinski definition) is 0. The lowest BCUT2D eigenvalue weighted by Crippen LogP contribution is -2.21. The minimum Gasteiger partial charge on any atom is -0.0808 e. The smallest absolute Gasteiger partial charge is 0.0170 e. The van der Waals surface area contributed by atoms with Crippen molar-refractivity contribution in [3.8, 4) is 0 Å². The molecule has 0 aromatic rings. The monoisotopic (exact) mass is 336 g/mol. The van der Waals surface area contributed by atoms with E-state index >= 15 is 0 Å².